The topological polar surface area (TPSA) is 121 Å². The molecule has 0 fully saturated rings. The lowest BCUT2D eigenvalue weighted by Gasteiger charge is -2.22. The molecule has 0 radical (unpaired) electrons. The van der Waals surface area contributed by atoms with Crippen LogP contribution in [0.15, 0.2) is 41.5 Å². The van der Waals surface area contributed by atoms with E-state index in [0.717, 1.165) is 4.90 Å². The molecule has 0 aliphatic rings. The second-order valence-electron chi connectivity index (χ2n) is 5.63. The number of nitrogens with zero attached hydrogens (tertiary/aromatic N) is 3. The van der Waals surface area contributed by atoms with Crippen LogP contribution < -0.4 is 15.4 Å². The Bertz CT molecular complexity index is 941. The Morgan fingerprint density at radius 1 is 1.45 bits per heavy atom. The molecular formula is C18H18BrFN4O5. The third-order valence-electron chi connectivity index (χ3n) is 3.57. The maximum Gasteiger partial charge on any atom is 0.414 e. The quantitative estimate of drug-likeness (QED) is 0.266. The molecule has 0 aliphatic carbocycles. The summed E-state index contributed by atoms with van der Waals surface area (Å²) in [5.74, 6) is -0.771. The van der Waals surface area contributed by atoms with Crippen molar-refractivity contribution in [2.45, 2.75) is 13.5 Å². The summed E-state index contributed by atoms with van der Waals surface area (Å²) in [6.45, 7) is 5.06. The third kappa shape index (κ3) is 5.64. The Morgan fingerprint density at radius 3 is 2.79 bits per heavy atom. The molecule has 1 aromatic heterocycles. The van der Waals surface area contributed by atoms with Gasteiger partial charge in [-0.1, -0.05) is 12.7 Å². The SMILES string of the molecule is C=CCOc1cc(F)cc(CN(C(=O)OCC)c2cc(Br)nc(N)c2[N+](=O)[O-])c1. The standard InChI is InChI=1S/C18H18BrFN4O5/c1-3-5-29-13-7-11(6-12(20)8-13)10-23(18(25)28-4-2)14-9-15(19)22-17(21)16(14)24(26)27/h3,6-9H,1,4-5,10H2,2H3,(H2,21,22). The van der Waals surface area contributed by atoms with Crippen LogP contribution in [0.25, 0.3) is 0 Å². The number of ether oxygens (including phenoxy) is 2. The lowest BCUT2D eigenvalue weighted by atomic mass is 10.1. The zero-order valence-corrected chi connectivity index (χ0v) is 17.0. The van der Waals surface area contributed by atoms with Gasteiger partial charge in [0.25, 0.3) is 0 Å². The smallest absolute Gasteiger partial charge is 0.414 e. The molecule has 1 aromatic carbocycles. The van der Waals surface area contributed by atoms with E-state index in [4.69, 9.17) is 15.2 Å². The van der Waals surface area contributed by atoms with E-state index in [0.29, 0.717) is 5.56 Å². The van der Waals surface area contributed by atoms with Crippen LogP contribution in [0.5, 0.6) is 5.75 Å². The van der Waals surface area contributed by atoms with Crippen LogP contribution in [0.2, 0.25) is 0 Å². The largest absolute Gasteiger partial charge is 0.489 e. The Kier molecular flexibility index (Phi) is 7.48. The van der Waals surface area contributed by atoms with E-state index in [2.05, 4.69) is 27.5 Å². The maximum absolute atomic E-state index is 14.0. The van der Waals surface area contributed by atoms with E-state index in [-0.39, 0.29) is 41.6 Å². The van der Waals surface area contributed by atoms with Gasteiger partial charge in [0.15, 0.2) is 0 Å². The number of hydrogen-bond donors (Lipinski definition) is 1. The number of anilines is 2. The van der Waals surface area contributed by atoms with Crippen molar-refractivity contribution >= 4 is 39.2 Å². The highest BCUT2D eigenvalue weighted by atomic mass is 79.9. The molecule has 0 atom stereocenters. The molecule has 0 saturated heterocycles. The van der Waals surface area contributed by atoms with E-state index < -0.39 is 22.5 Å². The lowest BCUT2D eigenvalue weighted by molar-refractivity contribution is -0.383. The number of nitrogen functional groups attached to an aromatic ring is 1. The summed E-state index contributed by atoms with van der Waals surface area (Å²) in [6, 6.07) is 5.12. The van der Waals surface area contributed by atoms with Crippen LogP contribution in [0.1, 0.15) is 12.5 Å². The minimum atomic E-state index is -0.870. The van der Waals surface area contributed by atoms with Crippen molar-refractivity contribution in [2.24, 2.45) is 0 Å². The first-order valence-corrected chi connectivity index (χ1v) is 9.14. The first-order chi connectivity index (χ1) is 13.8. The molecule has 1 amide bonds. The summed E-state index contributed by atoms with van der Waals surface area (Å²) >= 11 is 3.11. The predicted molar refractivity (Wildman–Crippen MR) is 108 cm³/mol. The van der Waals surface area contributed by atoms with E-state index in [1.54, 1.807) is 6.92 Å². The van der Waals surface area contributed by atoms with Gasteiger partial charge in [0.2, 0.25) is 5.82 Å². The zero-order valence-electron chi connectivity index (χ0n) is 15.4. The van der Waals surface area contributed by atoms with Gasteiger partial charge in [-0.25, -0.2) is 14.2 Å². The normalized spacial score (nSPS) is 10.3. The molecule has 2 N–H and O–H groups in total. The molecule has 0 bridgehead atoms. The number of amides is 1. The van der Waals surface area contributed by atoms with Gasteiger partial charge >= 0.3 is 11.8 Å². The second kappa shape index (κ2) is 9.82. The molecule has 2 aromatic rings. The van der Waals surface area contributed by atoms with Crippen LogP contribution in [0, 0.1) is 15.9 Å². The van der Waals surface area contributed by atoms with Crippen LogP contribution in [0.3, 0.4) is 0 Å². The van der Waals surface area contributed by atoms with E-state index in [1.165, 1.54) is 30.3 Å². The number of rotatable bonds is 8. The molecule has 154 valence electrons. The molecule has 2 rings (SSSR count). The summed E-state index contributed by atoms with van der Waals surface area (Å²) < 4.78 is 24.5. The molecule has 0 aliphatic heterocycles. The van der Waals surface area contributed by atoms with Crippen LogP contribution >= 0.6 is 15.9 Å². The Hall–Kier alpha value is -3.21. The van der Waals surface area contributed by atoms with Crippen LogP contribution in [0.4, 0.5) is 26.4 Å². The number of aromatic nitrogens is 1. The summed E-state index contributed by atoms with van der Waals surface area (Å²) in [6.07, 6.45) is 0.627. The highest BCUT2D eigenvalue weighted by Gasteiger charge is 2.30. The number of nitro groups is 1. The lowest BCUT2D eigenvalue weighted by Crippen LogP contribution is -2.32. The fraction of sp³-hybridized carbons (Fsp3) is 0.222. The van der Waals surface area contributed by atoms with Crippen molar-refractivity contribution in [3.05, 3.63) is 63.0 Å². The first kappa shape index (κ1) is 22.1. The molecule has 29 heavy (non-hydrogen) atoms. The number of hydrogen-bond acceptors (Lipinski definition) is 7. The van der Waals surface area contributed by atoms with Gasteiger partial charge in [-0.05, 0) is 40.5 Å². The molecular weight excluding hydrogens is 451 g/mol. The van der Waals surface area contributed by atoms with Gasteiger partial charge in [0, 0.05) is 12.1 Å². The number of carbonyl (C=O) groups is 1. The van der Waals surface area contributed by atoms with Gasteiger partial charge in [0.05, 0.1) is 18.1 Å². The summed E-state index contributed by atoms with van der Waals surface area (Å²) in [5.41, 5.74) is 5.28. The second-order valence-corrected chi connectivity index (χ2v) is 6.45. The Balaban J connectivity index is 2.54. The van der Waals surface area contributed by atoms with Gasteiger partial charge in [-0.15, -0.1) is 0 Å². The highest BCUT2D eigenvalue weighted by molar-refractivity contribution is 9.10. The molecule has 9 nitrogen and oxygen atoms in total. The maximum atomic E-state index is 14.0. The Morgan fingerprint density at radius 2 is 2.17 bits per heavy atom. The molecule has 11 heteroatoms. The number of halogens is 2. The summed E-state index contributed by atoms with van der Waals surface area (Å²) in [7, 11) is 0. The van der Waals surface area contributed by atoms with Crippen LogP contribution in [-0.4, -0.2) is 29.2 Å². The predicted octanol–water partition coefficient (Wildman–Crippen LogP) is 4.20. The summed E-state index contributed by atoms with van der Waals surface area (Å²) in [5, 5.41) is 11.5. The van der Waals surface area contributed by atoms with Crippen molar-refractivity contribution in [1.82, 2.24) is 4.98 Å². The van der Waals surface area contributed by atoms with E-state index in [9.17, 15) is 19.3 Å². The van der Waals surface area contributed by atoms with Crippen molar-refractivity contribution in [3.8, 4) is 5.75 Å². The zero-order chi connectivity index (χ0) is 21.6. The summed E-state index contributed by atoms with van der Waals surface area (Å²) in [4.78, 5) is 28.1. The molecule has 1 heterocycles. The highest BCUT2D eigenvalue weighted by Crippen LogP contribution is 2.36. The van der Waals surface area contributed by atoms with Crippen molar-refractivity contribution in [3.63, 3.8) is 0 Å². The van der Waals surface area contributed by atoms with Crippen LogP contribution in [-0.2, 0) is 11.3 Å². The number of pyridine rings is 1. The average Bonchev–Trinajstić information content (AvgIpc) is 2.63. The van der Waals surface area contributed by atoms with Crippen molar-refractivity contribution < 1.29 is 23.6 Å². The minimum Gasteiger partial charge on any atom is -0.489 e. The molecule has 0 saturated carbocycles. The minimum absolute atomic E-state index is 0.0295. The van der Waals surface area contributed by atoms with E-state index in [1.807, 2.05) is 0 Å². The fourth-order valence-corrected chi connectivity index (χ4v) is 2.90. The van der Waals surface area contributed by atoms with Crippen molar-refractivity contribution in [1.29, 1.82) is 0 Å². The fourth-order valence-electron chi connectivity index (χ4n) is 2.49. The average molecular weight is 469 g/mol. The van der Waals surface area contributed by atoms with Gasteiger partial charge in [-0.2, -0.15) is 0 Å². The number of benzene rings is 1. The number of carbonyl (C=O) groups excluding carboxylic acids is 1. The number of nitrogens with two attached hydrogens (primary N) is 1. The van der Waals surface area contributed by atoms with E-state index >= 15 is 0 Å². The van der Waals surface area contributed by atoms with Crippen molar-refractivity contribution in [2.75, 3.05) is 23.8 Å². The van der Waals surface area contributed by atoms with Gasteiger partial charge in [0.1, 0.15) is 28.5 Å². The molecule has 0 spiro atoms. The molecule has 0 unspecified atom stereocenters. The Labute approximate surface area is 174 Å². The van der Waals surface area contributed by atoms with Gasteiger partial charge in [-0.3, -0.25) is 15.0 Å². The first-order valence-electron chi connectivity index (χ1n) is 8.34. The van der Waals surface area contributed by atoms with Gasteiger partial charge < -0.3 is 15.2 Å². The third-order valence-corrected chi connectivity index (χ3v) is 3.98. The monoisotopic (exact) mass is 468 g/mol.